The molecule has 0 amide bonds. The lowest BCUT2D eigenvalue weighted by atomic mass is 10.0. The van der Waals surface area contributed by atoms with E-state index in [0.29, 0.717) is 0 Å². The SMILES string of the molecule is O=c1c2c(-c3ccnnc3)cccc2ccn1C1CC1c1ccc2ccccc2n1. The second-order valence-electron chi connectivity index (χ2n) is 7.77. The monoisotopic (exact) mass is 390 g/mol. The van der Waals surface area contributed by atoms with Gasteiger partial charge in [0.25, 0.3) is 5.56 Å². The number of para-hydroxylation sites is 1. The lowest BCUT2D eigenvalue weighted by Crippen LogP contribution is -2.19. The number of rotatable bonds is 3. The first-order chi connectivity index (χ1) is 14.8. The molecule has 5 aromatic rings. The molecule has 6 rings (SSSR count). The highest BCUT2D eigenvalue weighted by molar-refractivity contribution is 5.95. The van der Waals surface area contributed by atoms with Crippen molar-refractivity contribution in [3.63, 3.8) is 0 Å². The predicted octanol–water partition coefficient (Wildman–Crippen LogP) is 4.74. The molecule has 2 atom stereocenters. The Morgan fingerprint density at radius 2 is 1.77 bits per heavy atom. The lowest BCUT2D eigenvalue weighted by Gasteiger charge is -2.10. The molecule has 5 heteroatoms. The van der Waals surface area contributed by atoms with E-state index in [9.17, 15) is 4.79 Å². The third-order valence-electron chi connectivity index (χ3n) is 5.97. The van der Waals surface area contributed by atoms with Crippen LogP contribution in [0.2, 0.25) is 0 Å². The van der Waals surface area contributed by atoms with Gasteiger partial charge in [-0.1, -0.05) is 42.5 Å². The van der Waals surface area contributed by atoms with Crippen LogP contribution in [0.15, 0.2) is 90.1 Å². The van der Waals surface area contributed by atoms with Crippen LogP contribution in [0.1, 0.15) is 24.1 Å². The molecule has 1 saturated carbocycles. The lowest BCUT2D eigenvalue weighted by molar-refractivity contribution is 0.688. The molecule has 1 fully saturated rings. The molecule has 2 unspecified atom stereocenters. The summed E-state index contributed by atoms with van der Waals surface area (Å²) in [5.41, 5.74) is 3.88. The Hall–Kier alpha value is -3.86. The summed E-state index contributed by atoms with van der Waals surface area (Å²) in [6.45, 7) is 0. The maximum absolute atomic E-state index is 13.5. The van der Waals surface area contributed by atoms with Crippen molar-refractivity contribution in [2.24, 2.45) is 0 Å². The fourth-order valence-corrected chi connectivity index (χ4v) is 4.35. The summed E-state index contributed by atoms with van der Waals surface area (Å²) in [6.07, 6.45) is 6.20. The average Bonchev–Trinajstić information content (AvgIpc) is 3.60. The number of benzene rings is 2. The van der Waals surface area contributed by atoms with Crippen molar-refractivity contribution < 1.29 is 0 Å². The van der Waals surface area contributed by atoms with Gasteiger partial charge in [0.15, 0.2) is 0 Å². The molecular weight excluding hydrogens is 372 g/mol. The minimum Gasteiger partial charge on any atom is -0.311 e. The van der Waals surface area contributed by atoms with Crippen LogP contribution in [0, 0.1) is 0 Å². The normalized spacial score (nSPS) is 18.0. The quantitative estimate of drug-likeness (QED) is 0.447. The van der Waals surface area contributed by atoms with E-state index in [4.69, 9.17) is 4.98 Å². The van der Waals surface area contributed by atoms with Gasteiger partial charge in [-0.2, -0.15) is 10.2 Å². The van der Waals surface area contributed by atoms with E-state index in [2.05, 4.69) is 28.4 Å². The molecule has 1 aliphatic carbocycles. The maximum atomic E-state index is 13.5. The summed E-state index contributed by atoms with van der Waals surface area (Å²) < 4.78 is 1.88. The molecular formula is C25H18N4O. The summed E-state index contributed by atoms with van der Waals surface area (Å²) in [5.74, 6) is 0.263. The second kappa shape index (κ2) is 6.59. The predicted molar refractivity (Wildman–Crippen MR) is 117 cm³/mol. The molecule has 3 aromatic heterocycles. The molecule has 144 valence electrons. The van der Waals surface area contributed by atoms with Crippen molar-refractivity contribution in [1.82, 2.24) is 19.7 Å². The largest absolute Gasteiger partial charge is 0.311 e. The van der Waals surface area contributed by atoms with E-state index in [1.54, 1.807) is 12.4 Å². The maximum Gasteiger partial charge on any atom is 0.259 e. The van der Waals surface area contributed by atoms with E-state index in [1.165, 1.54) is 0 Å². The van der Waals surface area contributed by atoms with Crippen LogP contribution < -0.4 is 5.56 Å². The van der Waals surface area contributed by atoms with Crippen molar-refractivity contribution >= 4 is 21.7 Å². The van der Waals surface area contributed by atoms with Crippen LogP contribution >= 0.6 is 0 Å². The Balaban J connectivity index is 1.43. The molecule has 3 heterocycles. The summed E-state index contributed by atoms with van der Waals surface area (Å²) in [7, 11) is 0. The highest BCUT2D eigenvalue weighted by atomic mass is 16.1. The number of aromatic nitrogens is 4. The minimum absolute atomic E-state index is 0.0354. The Kier molecular flexibility index (Phi) is 3.74. The molecule has 0 saturated heterocycles. The topological polar surface area (TPSA) is 60.7 Å². The third kappa shape index (κ3) is 2.70. The fourth-order valence-electron chi connectivity index (χ4n) is 4.35. The summed E-state index contributed by atoms with van der Waals surface area (Å²) in [4.78, 5) is 18.3. The van der Waals surface area contributed by atoms with Gasteiger partial charge in [-0.25, -0.2) is 0 Å². The Morgan fingerprint density at radius 1 is 0.867 bits per heavy atom. The zero-order chi connectivity index (χ0) is 20.1. The van der Waals surface area contributed by atoms with Gasteiger partial charge in [-0.3, -0.25) is 9.78 Å². The first kappa shape index (κ1) is 17.0. The van der Waals surface area contributed by atoms with E-state index in [1.807, 2.05) is 59.3 Å². The van der Waals surface area contributed by atoms with Crippen LogP contribution in [0.3, 0.4) is 0 Å². The van der Waals surface area contributed by atoms with Crippen molar-refractivity contribution in [3.8, 4) is 11.1 Å². The van der Waals surface area contributed by atoms with Crippen molar-refractivity contribution in [1.29, 1.82) is 0 Å². The smallest absolute Gasteiger partial charge is 0.259 e. The minimum atomic E-state index is 0.0354. The van der Waals surface area contributed by atoms with Gasteiger partial charge < -0.3 is 4.57 Å². The Labute approximate surface area is 172 Å². The zero-order valence-electron chi connectivity index (χ0n) is 16.1. The molecule has 1 aliphatic rings. The van der Waals surface area contributed by atoms with Crippen LogP contribution in [-0.2, 0) is 0 Å². The van der Waals surface area contributed by atoms with Crippen LogP contribution in [0.4, 0.5) is 0 Å². The molecule has 0 bridgehead atoms. The van der Waals surface area contributed by atoms with Gasteiger partial charge in [-0.15, -0.1) is 0 Å². The van der Waals surface area contributed by atoms with Gasteiger partial charge in [0.05, 0.1) is 23.3 Å². The van der Waals surface area contributed by atoms with Crippen LogP contribution in [0.5, 0.6) is 0 Å². The summed E-state index contributed by atoms with van der Waals surface area (Å²) in [5, 5.41) is 10.6. The third-order valence-corrected chi connectivity index (χ3v) is 5.97. The number of nitrogens with zero attached hydrogens (tertiary/aromatic N) is 4. The average molecular weight is 390 g/mol. The standard InChI is InChI=1S/C25H18N4O/c30-25-24-17(5-3-6-19(24)18-10-12-26-27-15-18)11-13-29(25)23-14-20(23)22-9-8-16-4-1-2-7-21(16)28-22/h1-13,15,20,23H,14H2. The van der Waals surface area contributed by atoms with Crippen molar-refractivity contribution in [3.05, 3.63) is 101 Å². The molecule has 5 nitrogen and oxygen atoms in total. The van der Waals surface area contributed by atoms with Crippen LogP contribution in [0.25, 0.3) is 32.8 Å². The summed E-state index contributed by atoms with van der Waals surface area (Å²) in [6, 6.07) is 22.3. The first-order valence-electron chi connectivity index (χ1n) is 10.1. The van der Waals surface area contributed by atoms with E-state index >= 15 is 0 Å². The number of hydrogen-bond acceptors (Lipinski definition) is 4. The van der Waals surface area contributed by atoms with Gasteiger partial charge in [0, 0.05) is 34.8 Å². The molecule has 0 radical (unpaired) electrons. The van der Waals surface area contributed by atoms with E-state index < -0.39 is 0 Å². The van der Waals surface area contributed by atoms with Gasteiger partial charge in [-0.05, 0) is 41.6 Å². The summed E-state index contributed by atoms with van der Waals surface area (Å²) >= 11 is 0. The molecule has 30 heavy (non-hydrogen) atoms. The van der Waals surface area contributed by atoms with Crippen LogP contribution in [-0.4, -0.2) is 19.7 Å². The van der Waals surface area contributed by atoms with Crippen molar-refractivity contribution in [2.75, 3.05) is 0 Å². The molecule has 0 aliphatic heterocycles. The number of pyridine rings is 2. The second-order valence-corrected chi connectivity index (χ2v) is 7.77. The van der Waals surface area contributed by atoms with Gasteiger partial charge in [0.1, 0.15) is 0 Å². The van der Waals surface area contributed by atoms with E-state index in [-0.39, 0.29) is 17.5 Å². The van der Waals surface area contributed by atoms with Crippen molar-refractivity contribution in [2.45, 2.75) is 18.4 Å². The van der Waals surface area contributed by atoms with Gasteiger partial charge in [0.2, 0.25) is 0 Å². The molecule has 2 aromatic carbocycles. The van der Waals surface area contributed by atoms with E-state index in [0.717, 1.165) is 44.9 Å². The Morgan fingerprint density at radius 3 is 2.67 bits per heavy atom. The highest BCUT2D eigenvalue weighted by Gasteiger charge is 2.41. The number of fused-ring (bicyclic) bond motifs is 2. The highest BCUT2D eigenvalue weighted by Crippen LogP contribution is 2.50. The fraction of sp³-hybridized carbons (Fsp3) is 0.120. The van der Waals surface area contributed by atoms with Gasteiger partial charge >= 0.3 is 0 Å². The molecule has 0 spiro atoms. The first-order valence-corrected chi connectivity index (χ1v) is 10.1. The zero-order valence-corrected chi connectivity index (χ0v) is 16.1. The molecule has 0 N–H and O–H groups in total. The Bertz CT molecular complexity index is 1460. The number of hydrogen-bond donors (Lipinski definition) is 0.